The first-order valence-electron chi connectivity index (χ1n) is 8.58. The maximum absolute atomic E-state index is 13.7. The average Bonchev–Trinajstić information content (AvgIpc) is 2.94. The van der Waals surface area contributed by atoms with Crippen LogP contribution in [0.1, 0.15) is 24.4 Å². The molecule has 26 heavy (non-hydrogen) atoms. The normalized spacial score (nSPS) is 16.3. The molecule has 1 aliphatic rings. The van der Waals surface area contributed by atoms with Crippen molar-refractivity contribution >= 4 is 11.0 Å². The number of rotatable bonds is 2. The smallest absolute Gasteiger partial charge is 0.317 e. The van der Waals surface area contributed by atoms with E-state index in [0.717, 1.165) is 6.07 Å². The molecule has 4 nitrogen and oxygen atoms in total. The molecule has 1 fully saturated rings. The van der Waals surface area contributed by atoms with Crippen LogP contribution in [-0.2, 0) is 6.18 Å². The lowest BCUT2D eigenvalue weighted by atomic mass is 10.1. The number of aromatic nitrogens is 2. The van der Waals surface area contributed by atoms with Gasteiger partial charge in [-0.05, 0) is 50.2 Å². The van der Waals surface area contributed by atoms with Crippen molar-refractivity contribution in [3.8, 4) is 5.69 Å². The van der Waals surface area contributed by atoms with Crippen LogP contribution >= 0.6 is 0 Å². The van der Waals surface area contributed by atoms with Gasteiger partial charge in [-0.15, -0.1) is 0 Å². The summed E-state index contributed by atoms with van der Waals surface area (Å²) in [5.41, 5.74) is -0.361. The highest BCUT2D eigenvalue weighted by atomic mass is 19.4. The zero-order valence-electron chi connectivity index (χ0n) is 14.0. The molecule has 1 aliphatic heterocycles. The molecule has 0 unspecified atom stereocenters. The van der Waals surface area contributed by atoms with Crippen molar-refractivity contribution in [1.29, 1.82) is 0 Å². The number of halogens is 3. The van der Waals surface area contributed by atoms with E-state index in [1.807, 2.05) is 6.07 Å². The van der Waals surface area contributed by atoms with Crippen LogP contribution in [0.25, 0.3) is 16.7 Å². The second-order valence-corrected chi connectivity index (χ2v) is 6.48. The monoisotopic (exact) mass is 361 g/mol. The fourth-order valence-electron chi connectivity index (χ4n) is 3.73. The standard InChI is InChI=1S/C19H18F3N3O/c20-19(21,22)15-7-4-8-16-17(15)25(14-9-11-23-12-10-14)18(26)24(16)13-5-2-1-3-6-13/h1-8,14,23H,9-12H2. The second-order valence-electron chi connectivity index (χ2n) is 6.48. The van der Waals surface area contributed by atoms with Crippen molar-refractivity contribution < 1.29 is 13.2 Å². The summed E-state index contributed by atoms with van der Waals surface area (Å²) in [6.07, 6.45) is -3.27. The van der Waals surface area contributed by atoms with Gasteiger partial charge >= 0.3 is 11.9 Å². The molecule has 0 saturated carbocycles. The SMILES string of the molecule is O=c1n(-c2ccccc2)c2cccc(C(F)(F)F)c2n1C1CCNCC1. The van der Waals surface area contributed by atoms with Gasteiger partial charge in [-0.1, -0.05) is 24.3 Å². The number of piperidine rings is 1. The molecule has 3 aromatic rings. The molecule has 2 aromatic carbocycles. The third-order valence-corrected chi connectivity index (χ3v) is 4.89. The number of hydrogen-bond donors (Lipinski definition) is 1. The van der Waals surface area contributed by atoms with E-state index in [0.29, 0.717) is 31.6 Å². The van der Waals surface area contributed by atoms with E-state index in [9.17, 15) is 18.0 Å². The van der Waals surface area contributed by atoms with Crippen molar-refractivity contribution in [2.75, 3.05) is 13.1 Å². The Labute approximate surface area is 147 Å². The molecule has 2 heterocycles. The molecule has 4 rings (SSSR count). The topological polar surface area (TPSA) is 39.0 Å². The molecule has 136 valence electrons. The molecule has 7 heteroatoms. The fourth-order valence-corrected chi connectivity index (χ4v) is 3.73. The van der Waals surface area contributed by atoms with Gasteiger partial charge in [-0.2, -0.15) is 13.2 Å². The molecule has 1 N–H and O–H groups in total. The Kier molecular flexibility index (Phi) is 4.11. The van der Waals surface area contributed by atoms with Crippen LogP contribution in [0.3, 0.4) is 0 Å². The van der Waals surface area contributed by atoms with E-state index >= 15 is 0 Å². The third-order valence-electron chi connectivity index (χ3n) is 4.89. The van der Waals surface area contributed by atoms with Crippen molar-refractivity contribution in [3.05, 3.63) is 64.6 Å². The fraction of sp³-hybridized carbons (Fsp3) is 0.316. The Morgan fingerprint density at radius 3 is 2.31 bits per heavy atom. The van der Waals surface area contributed by atoms with Gasteiger partial charge in [-0.25, -0.2) is 4.79 Å². The van der Waals surface area contributed by atoms with Crippen LogP contribution in [0, 0.1) is 0 Å². The highest BCUT2D eigenvalue weighted by molar-refractivity contribution is 5.82. The van der Waals surface area contributed by atoms with Crippen LogP contribution in [0.4, 0.5) is 13.2 Å². The maximum atomic E-state index is 13.7. The quantitative estimate of drug-likeness (QED) is 0.755. The van der Waals surface area contributed by atoms with Gasteiger partial charge in [0.15, 0.2) is 0 Å². The van der Waals surface area contributed by atoms with Gasteiger partial charge < -0.3 is 5.32 Å². The summed E-state index contributed by atoms with van der Waals surface area (Å²) in [5, 5.41) is 3.19. The van der Waals surface area contributed by atoms with Gasteiger partial charge in [0.25, 0.3) is 0 Å². The Morgan fingerprint density at radius 1 is 0.962 bits per heavy atom. The zero-order chi connectivity index (χ0) is 18.3. The van der Waals surface area contributed by atoms with Crippen molar-refractivity contribution in [2.45, 2.75) is 25.1 Å². The van der Waals surface area contributed by atoms with E-state index in [4.69, 9.17) is 0 Å². The minimum Gasteiger partial charge on any atom is -0.317 e. The summed E-state index contributed by atoms with van der Waals surface area (Å²) in [6, 6.07) is 12.5. The zero-order valence-corrected chi connectivity index (χ0v) is 14.0. The number of hydrogen-bond acceptors (Lipinski definition) is 2. The number of alkyl halides is 3. The number of nitrogens with one attached hydrogen (secondary N) is 1. The van der Waals surface area contributed by atoms with E-state index < -0.39 is 17.4 Å². The van der Waals surface area contributed by atoms with E-state index in [-0.39, 0.29) is 17.1 Å². The van der Waals surface area contributed by atoms with Crippen LogP contribution < -0.4 is 11.0 Å². The second kappa shape index (κ2) is 6.32. The molecule has 1 saturated heterocycles. The lowest BCUT2D eigenvalue weighted by Crippen LogP contribution is -2.35. The van der Waals surface area contributed by atoms with Crippen LogP contribution in [0.2, 0.25) is 0 Å². The molecular formula is C19H18F3N3O. The maximum Gasteiger partial charge on any atom is 0.418 e. The lowest BCUT2D eigenvalue weighted by Gasteiger charge is -2.24. The summed E-state index contributed by atoms with van der Waals surface area (Å²) < 4.78 is 43.7. The van der Waals surface area contributed by atoms with Crippen molar-refractivity contribution in [1.82, 2.24) is 14.5 Å². The Hall–Kier alpha value is -2.54. The number of nitrogens with zero attached hydrogens (tertiary/aromatic N) is 2. The summed E-state index contributed by atoms with van der Waals surface area (Å²) in [5.74, 6) is 0. The highest BCUT2D eigenvalue weighted by Gasteiger charge is 2.36. The van der Waals surface area contributed by atoms with Crippen molar-refractivity contribution in [2.24, 2.45) is 0 Å². The molecular weight excluding hydrogens is 343 g/mol. The van der Waals surface area contributed by atoms with E-state index in [1.54, 1.807) is 30.3 Å². The van der Waals surface area contributed by atoms with Crippen LogP contribution in [0.5, 0.6) is 0 Å². The highest BCUT2D eigenvalue weighted by Crippen LogP contribution is 2.36. The molecule has 0 amide bonds. The largest absolute Gasteiger partial charge is 0.418 e. The number of imidazole rings is 1. The summed E-state index contributed by atoms with van der Waals surface area (Å²) in [7, 11) is 0. The Bertz CT molecular complexity index is 983. The molecule has 1 aromatic heterocycles. The number of benzene rings is 2. The van der Waals surface area contributed by atoms with Gasteiger partial charge in [0.05, 0.1) is 22.3 Å². The van der Waals surface area contributed by atoms with Crippen LogP contribution in [-0.4, -0.2) is 22.2 Å². The van der Waals surface area contributed by atoms with E-state index in [1.165, 1.54) is 15.2 Å². The van der Waals surface area contributed by atoms with Gasteiger partial charge in [0.2, 0.25) is 0 Å². The number of fused-ring (bicyclic) bond motifs is 1. The summed E-state index contributed by atoms with van der Waals surface area (Å²) >= 11 is 0. The van der Waals surface area contributed by atoms with Gasteiger partial charge in [0.1, 0.15) is 0 Å². The molecule has 0 aliphatic carbocycles. The van der Waals surface area contributed by atoms with Crippen LogP contribution in [0.15, 0.2) is 53.3 Å². The van der Waals surface area contributed by atoms with E-state index in [2.05, 4.69) is 5.32 Å². The molecule has 0 radical (unpaired) electrons. The number of para-hydroxylation sites is 2. The molecule has 0 atom stereocenters. The first-order valence-corrected chi connectivity index (χ1v) is 8.58. The predicted molar refractivity (Wildman–Crippen MR) is 93.7 cm³/mol. The molecule has 0 bridgehead atoms. The Morgan fingerprint density at radius 2 is 1.65 bits per heavy atom. The minimum absolute atomic E-state index is 0.0271. The van der Waals surface area contributed by atoms with Gasteiger partial charge in [0, 0.05) is 6.04 Å². The summed E-state index contributed by atoms with van der Waals surface area (Å²) in [6.45, 7) is 1.37. The minimum atomic E-state index is -4.52. The Balaban J connectivity index is 2.08. The lowest BCUT2D eigenvalue weighted by molar-refractivity contribution is -0.136. The van der Waals surface area contributed by atoms with Crippen molar-refractivity contribution in [3.63, 3.8) is 0 Å². The first kappa shape index (κ1) is 16.9. The summed E-state index contributed by atoms with van der Waals surface area (Å²) in [4.78, 5) is 13.2. The predicted octanol–water partition coefficient (Wildman–Crippen LogP) is 3.74. The average molecular weight is 361 g/mol. The van der Waals surface area contributed by atoms with Gasteiger partial charge in [-0.3, -0.25) is 9.13 Å². The third kappa shape index (κ3) is 2.72. The molecule has 0 spiro atoms. The first-order chi connectivity index (χ1) is 12.5.